The highest BCUT2D eigenvalue weighted by molar-refractivity contribution is 7.39. The zero-order valence-corrected chi connectivity index (χ0v) is 12.3. The fourth-order valence-electron chi connectivity index (χ4n) is 2.43. The molecule has 0 aromatic carbocycles. The Balaban J connectivity index is 1.66. The van der Waals surface area contributed by atoms with Gasteiger partial charge in [0.2, 0.25) is 0 Å². The van der Waals surface area contributed by atoms with Crippen molar-refractivity contribution in [3.05, 3.63) is 0 Å². The number of hydrogen-bond acceptors (Lipinski definition) is 2. The van der Waals surface area contributed by atoms with E-state index in [1.807, 2.05) is 4.67 Å². The monoisotopic (exact) mass is 268 g/mol. The predicted octanol–water partition coefficient (Wildman–Crippen LogP) is 2.13. The Labute approximate surface area is 112 Å². The van der Waals surface area contributed by atoms with Gasteiger partial charge in [0, 0.05) is 14.9 Å². The van der Waals surface area contributed by atoms with Crippen LogP contribution in [0.25, 0.3) is 0 Å². The third-order valence-electron chi connectivity index (χ3n) is 3.83. The van der Waals surface area contributed by atoms with Crippen LogP contribution < -0.4 is 5.73 Å². The Morgan fingerprint density at radius 3 is 2.67 bits per heavy atom. The molecule has 1 aliphatic heterocycles. The van der Waals surface area contributed by atoms with E-state index in [9.17, 15) is 0 Å². The Morgan fingerprint density at radius 1 is 1.44 bits per heavy atom. The zero-order valence-electron chi connectivity index (χ0n) is 11.4. The van der Waals surface area contributed by atoms with Gasteiger partial charge >= 0.3 is 0 Å². The smallest absolute Gasteiger partial charge is 0.196 e. The molecule has 0 aromatic heterocycles. The third kappa shape index (κ3) is 4.58. The number of nitrogens with zero attached hydrogens (tertiary/aromatic N) is 2. The molecule has 0 unspecified atom stereocenters. The second-order valence-corrected chi connectivity index (χ2v) is 6.88. The molecule has 0 spiro atoms. The van der Waals surface area contributed by atoms with Crippen LogP contribution in [0.3, 0.4) is 0 Å². The largest absolute Gasteiger partial charge is 0.369 e. The van der Waals surface area contributed by atoms with E-state index in [4.69, 9.17) is 11.1 Å². The summed E-state index contributed by atoms with van der Waals surface area (Å²) >= 11 is 0. The van der Waals surface area contributed by atoms with Gasteiger partial charge in [-0.05, 0) is 69.9 Å². The molecule has 2 rings (SSSR count). The van der Waals surface area contributed by atoms with Crippen LogP contribution in [-0.4, -0.2) is 47.5 Å². The topological polar surface area (TPSA) is 56.4 Å². The average molecular weight is 268 g/mol. The second kappa shape index (κ2) is 6.53. The van der Waals surface area contributed by atoms with E-state index in [2.05, 4.69) is 11.9 Å². The van der Waals surface area contributed by atoms with E-state index in [1.165, 1.54) is 65.3 Å². The van der Waals surface area contributed by atoms with Crippen LogP contribution >= 0.6 is 8.35 Å². The molecule has 0 atom stereocenters. The van der Waals surface area contributed by atoms with E-state index >= 15 is 0 Å². The van der Waals surface area contributed by atoms with Crippen molar-refractivity contribution in [1.29, 1.82) is 5.41 Å². The van der Waals surface area contributed by atoms with Gasteiger partial charge in [0.05, 0.1) is 0 Å². The lowest BCUT2D eigenvalue weighted by molar-refractivity contribution is 0.209. The molecule has 1 saturated carbocycles. The molecule has 1 aliphatic carbocycles. The van der Waals surface area contributed by atoms with Crippen molar-refractivity contribution in [2.75, 3.05) is 26.7 Å². The van der Waals surface area contributed by atoms with Gasteiger partial charge in [-0.15, -0.1) is 0 Å². The van der Waals surface area contributed by atoms with Crippen LogP contribution in [0.2, 0.25) is 0 Å². The van der Waals surface area contributed by atoms with Crippen molar-refractivity contribution in [3.8, 4) is 0 Å². The second-order valence-electron chi connectivity index (χ2n) is 5.56. The molecular formula is C13H25N4P. The van der Waals surface area contributed by atoms with Crippen LogP contribution in [0, 0.1) is 11.3 Å². The lowest BCUT2D eigenvalue weighted by Crippen LogP contribution is -2.32. The average Bonchev–Trinajstić information content (AvgIpc) is 3.14. The van der Waals surface area contributed by atoms with E-state index in [1.54, 1.807) is 0 Å². The number of guanidine groups is 1. The first kappa shape index (κ1) is 13.8. The van der Waals surface area contributed by atoms with Gasteiger partial charge in [0.15, 0.2) is 5.96 Å². The normalized spacial score (nSPS) is 21.3. The van der Waals surface area contributed by atoms with Crippen LogP contribution in [0.4, 0.5) is 0 Å². The van der Waals surface area contributed by atoms with E-state index in [0.717, 1.165) is 12.5 Å². The van der Waals surface area contributed by atoms with Gasteiger partial charge in [-0.2, -0.15) is 0 Å². The summed E-state index contributed by atoms with van der Waals surface area (Å²) < 4.78 is 2.01. The molecule has 0 bridgehead atoms. The van der Waals surface area contributed by atoms with E-state index in [0.29, 0.717) is 0 Å². The molecule has 5 heteroatoms. The van der Waals surface area contributed by atoms with Crippen LogP contribution in [0.15, 0.2) is 0 Å². The molecule has 1 heterocycles. The summed E-state index contributed by atoms with van der Waals surface area (Å²) in [6.07, 6.45) is 7.62. The summed E-state index contributed by atoms with van der Waals surface area (Å²) in [5.74, 6) is 1.12. The third-order valence-corrected chi connectivity index (χ3v) is 5.22. The van der Waals surface area contributed by atoms with Gasteiger partial charge in [-0.3, -0.25) is 10.1 Å². The van der Waals surface area contributed by atoms with E-state index in [-0.39, 0.29) is 5.96 Å². The molecule has 0 radical (unpaired) electrons. The molecule has 102 valence electrons. The maximum absolute atomic E-state index is 7.60. The Morgan fingerprint density at radius 2 is 2.11 bits per heavy atom. The van der Waals surface area contributed by atoms with Crippen LogP contribution in [0.5, 0.6) is 0 Å². The first-order chi connectivity index (χ1) is 8.65. The van der Waals surface area contributed by atoms with Gasteiger partial charge < -0.3 is 10.6 Å². The minimum atomic E-state index is 0.236. The van der Waals surface area contributed by atoms with Crippen LogP contribution in [0.1, 0.15) is 38.5 Å². The summed E-state index contributed by atoms with van der Waals surface area (Å²) in [6, 6.07) is 0. The summed E-state index contributed by atoms with van der Waals surface area (Å²) in [5.41, 5.74) is 5.63. The predicted molar refractivity (Wildman–Crippen MR) is 79.2 cm³/mol. The highest BCUT2D eigenvalue weighted by Gasteiger charge is 2.18. The molecule has 18 heavy (non-hydrogen) atoms. The fourth-order valence-corrected chi connectivity index (χ4v) is 3.43. The molecule has 0 amide bonds. The highest BCUT2D eigenvalue weighted by atomic mass is 31.1. The Bertz CT molecular complexity index is 315. The number of likely N-dealkylation sites (tertiary alicyclic amines) is 1. The first-order valence-corrected chi connectivity index (χ1v) is 7.86. The van der Waals surface area contributed by atoms with Crippen LogP contribution in [-0.2, 0) is 0 Å². The number of piperidine rings is 1. The molecule has 3 N–H and O–H groups in total. The molecule has 1 saturated heterocycles. The summed E-state index contributed by atoms with van der Waals surface area (Å²) in [5, 5.41) is 9.13. The first-order valence-electron chi connectivity index (χ1n) is 7.01. The number of rotatable bonds is 5. The fraction of sp³-hybridized carbons (Fsp3) is 0.846. The van der Waals surface area contributed by atoms with Gasteiger partial charge in [0.25, 0.3) is 0 Å². The summed E-state index contributed by atoms with van der Waals surface area (Å²) in [7, 11) is 3.40. The molecular weight excluding hydrogens is 243 g/mol. The van der Waals surface area contributed by atoms with Crippen molar-refractivity contribution in [2.24, 2.45) is 11.7 Å². The van der Waals surface area contributed by atoms with Crippen molar-refractivity contribution in [3.63, 3.8) is 0 Å². The van der Waals surface area contributed by atoms with E-state index < -0.39 is 0 Å². The molecule has 2 fully saturated rings. The number of hydrogen-bond donors (Lipinski definition) is 2. The number of nitrogens with one attached hydrogen (secondary N) is 1. The SMILES string of the molecule is CN1CCC(CCCN(P=C2CC2)C(=N)N)CC1. The molecule has 2 aliphatic rings. The van der Waals surface area contributed by atoms with Crippen molar-refractivity contribution < 1.29 is 0 Å². The van der Waals surface area contributed by atoms with Crippen molar-refractivity contribution >= 4 is 19.6 Å². The quantitative estimate of drug-likeness (QED) is 0.456. The lowest BCUT2D eigenvalue weighted by Gasteiger charge is -2.29. The molecule has 4 nitrogen and oxygen atoms in total. The van der Waals surface area contributed by atoms with Gasteiger partial charge in [0.1, 0.15) is 0 Å². The lowest BCUT2D eigenvalue weighted by atomic mass is 9.92. The Hall–Kier alpha value is -0.600. The van der Waals surface area contributed by atoms with Gasteiger partial charge in [-0.1, -0.05) is 0 Å². The maximum atomic E-state index is 7.60. The summed E-state index contributed by atoms with van der Waals surface area (Å²) in [4.78, 5) is 2.42. The van der Waals surface area contributed by atoms with Crippen molar-refractivity contribution in [1.82, 2.24) is 9.57 Å². The maximum Gasteiger partial charge on any atom is 0.196 e. The minimum Gasteiger partial charge on any atom is -0.369 e. The highest BCUT2D eigenvalue weighted by Crippen LogP contribution is 2.26. The number of nitrogens with two attached hydrogens (primary N) is 1. The summed E-state index contributed by atoms with van der Waals surface area (Å²) in [6.45, 7) is 3.45. The molecule has 0 aromatic rings. The minimum absolute atomic E-state index is 0.236. The van der Waals surface area contributed by atoms with Gasteiger partial charge in [-0.25, -0.2) is 0 Å². The zero-order chi connectivity index (χ0) is 13.0. The standard InChI is InChI=1S/C13H25N4P/c1-16-9-6-11(7-10-16)3-2-8-17(13(14)15)18-12-4-5-12/h11H,2-10H2,1H3,(H3,14,15). The Kier molecular flexibility index (Phi) is 5.02. The van der Waals surface area contributed by atoms with Crippen molar-refractivity contribution in [2.45, 2.75) is 38.5 Å².